The predicted molar refractivity (Wildman–Crippen MR) is 79.0 cm³/mol. The van der Waals surface area contributed by atoms with Crippen LogP contribution in [0.3, 0.4) is 0 Å². The van der Waals surface area contributed by atoms with E-state index in [-0.39, 0.29) is 5.95 Å². The first-order valence-corrected chi connectivity index (χ1v) is 6.26. The van der Waals surface area contributed by atoms with E-state index in [1.165, 1.54) is 0 Å². The maximum atomic E-state index is 5.66. The second kappa shape index (κ2) is 4.03. The Kier molecular flexibility index (Phi) is 2.20. The fraction of sp³-hybridized carbons (Fsp3) is 0. The van der Waals surface area contributed by atoms with Crippen LogP contribution in [0.4, 0.5) is 5.95 Å². The standard InChI is InChI=1S/C15H11N5/c16-15-18-6-5-13(20-15)11-8-17-7-10-9-3-1-2-4-12(9)19-14(10)11/h1-8,19H,(H2,16,18,20). The summed E-state index contributed by atoms with van der Waals surface area (Å²) in [6.07, 6.45) is 5.31. The molecule has 0 bridgehead atoms. The van der Waals surface area contributed by atoms with Crippen molar-refractivity contribution in [1.29, 1.82) is 0 Å². The zero-order valence-electron chi connectivity index (χ0n) is 10.5. The van der Waals surface area contributed by atoms with Gasteiger partial charge >= 0.3 is 0 Å². The van der Waals surface area contributed by atoms with Gasteiger partial charge in [-0.15, -0.1) is 0 Å². The zero-order chi connectivity index (χ0) is 13.5. The minimum atomic E-state index is 0.260. The molecular weight excluding hydrogens is 250 g/mol. The molecule has 0 atom stereocenters. The second-order valence-electron chi connectivity index (χ2n) is 4.58. The first kappa shape index (κ1) is 10.9. The second-order valence-corrected chi connectivity index (χ2v) is 4.58. The van der Waals surface area contributed by atoms with Gasteiger partial charge in [0.15, 0.2) is 0 Å². The number of nitrogen functional groups attached to an aromatic ring is 1. The molecule has 5 heteroatoms. The number of hydrogen-bond donors (Lipinski definition) is 2. The molecule has 1 aromatic carbocycles. The minimum absolute atomic E-state index is 0.260. The van der Waals surface area contributed by atoms with E-state index < -0.39 is 0 Å². The lowest BCUT2D eigenvalue weighted by molar-refractivity contribution is 1.19. The monoisotopic (exact) mass is 261 g/mol. The van der Waals surface area contributed by atoms with Gasteiger partial charge in [0.05, 0.1) is 11.2 Å². The van der Waals surface area contributed by atoms with Gasteiger partial charge in [0.1, 0.15) is 0 Å². The van der Waals surface area contributed by atoms with Crippen molar-refractivity contribution in [3.63, 3.8) is 0 Å². The van der Waals surface area contributed by atoms with Gasteiger partial charge in [-0.25, -0.2) is 9.97 Å². The smallest absolute Gasteiger partial charge is 0.220 e. The van der Waals surface area contributed by atoms with Crippen molar-refractivity contribution < 1.29 is 0 Å². The van der Waals surface area contributed by atoms with Crippen molar-refractivity contribution >= 4 is 27.8 Å². The van der Waals surface area contributed by atoms with Crippen LogP contribution in [0.15, 0.2) is 48.9 Å². The molecule has 5 nitrogen and oxygen atoms in total. The Bertz CT molecular complexity index is 926. The first-order valence-electron chi connectivity index (χ1n) is 6.26. The molecule has 20 heavy (non-hydrogen) atoms. The molecule has 4 aromatic rings. The number of rotatable bonds is 1. The number of benzene rings is 1. The van der Waals surface area contributed by atoms with E-state index in [2.05, 4.69) is 26.0 Å². The van der Waals surface area contributed by atoms with Crippen LogP contribution in [0.2, 0.25) is 0 Å². The average Bonchev–Trinajstić information content (AvgIpc) is 2.86. The third-order valence-electron chi connectivity index (χ3n) is 3.37. The van der Waals surface area contributed by atoms with E-state index in [9.17, 15) is 0 Å². The molecule has 0 spiro atoms. The van der Waals surface area contributed by atoms with Crippen molar-refractivity contribution in [3.05, 3.63) is 48.9 Å². The van der Waals surface area contributed by atoms with Gasteiger partial charge < -0.3 is 10.7 Å². The maximum Gasteiger partial charge on any atom is 0.220 e. The molecule has 0 amide bonds. The summed E-state index contributed by atoms with van der Waals surface area (Å²) in [7, 11) is 0. The highest BCUT2D eigenvalue weighted by molar-refractivity contribution is 6.10. The number of nitrogens with two attached hydrogens (primary N) is 1. The molecule has 0 saturated heterocycles. The molecule has 0 saturated carbocycles. The highest BCUT2D eigenvalue weighted by atomic mass is 15.0. The Hall–Kier alpha value is -2.95. The number of hydrogen-bond acceptors (Lipinski definition) is 4. The highest BCUT2D eigenvalue weighted by Gasteiger charge is 2.11. The molecule has 3 aromatic heterocycles. The van der Waals surface area contributed by atoms with Gasteiger partial charge in [-0.2, -0.15) is 0 Å². The first-order chi connectivity index (χ1) is 9.83. The van der Waals surface area contributed by atoms with E-state index in [0.29, 0.717) is 0 Å². The predicted octanol–water partition coefficient (Wildman–Crippen LogP) is 2.76. The number of aromatic nitrogens is 4. The lowest BCUT2D eigenvalue weighted by atomic mass is 10.1. The number of para-hydroxylation sites is 1. The number of fused-ring (bicyclic) bond motifs is 3. The minimum Gasteiger partial charge on any atom is -0.368 e. The largest absolute Gasteiger partial charge is 0.368 e. The van der Waals surface area contributed by atoms with Crippen LogP contribution in [0.25, 0.3) is 33.1 Å². The lowest BCUT2D eigenvalue weighted by Gasteiger charge is -2.02. The Morgan fingerprint density at radius 3 is 2.80 bits per heavy atom. The topological polar surface area (TPSA) is 80.5 Å². The number of nitrogens with zero attached hydrogens (tertiary/aromatic N) is 3. The number of anilines is 1. The fourth-order valence-corrected chi connectivity index (χ4v) is 2.48. The quantitative estimate of drug-likeness (QED) is 0.552. The molecule has 3 heterocycles. The van der Waals surface area contributed by atoms with Crippen LogP contribution in [0, 0.1) is 0 Å². The molecule has 4 rings (SSSR count). The summed E-state index contributed by atoms with van der Waals surface area (Å²) in [4.78, 5) is 15.9. The summed E-state index contributed by atoms with van der Waals surface area (Å²) in [5.74, 6) is 0.260. The maximum absolute atomic E-state index is 5.66. The van der Waals surface area contributed by atoms with Crippen molar-refractivity contribution in [2.75, 3.05) is 5.73 Å². The van der Waals surface area contributed by atoms with E-state index in [1.807, 2.05) is 30.5 Å². The molecule has 0 aliphatic rings. The van der Waals surface area contributed by atoms with Gasteiger partial charge in [-0.3, -0.25) is 4.98 Å². The average molecular weight is 261 g/mol. The van der Waals surface area contributed by atoms with E-state index in [4.69, 9.17) is 5.73 Å². The Labute approximate surface area is 114 Å². The van der Waals surface area contributed by atoms with Crippen LogP contribution < -0.4 is 5.73 Å². The molecular formula is C15H11N5. The zero-order valence-corrected chi connectivity index (χ0v) is 10.5. The summed E-state index contributed by atoms with van der Waals surface area (Å²) < 4.78 is 0. The number of H-pyrrole nitrogens is 1. The van der Waals surface area contributed by atoms with Gasteiger partial charge in [0, 0.05) is 40.4 Å². The van der Waals surface area contributed by atoms with Gasteiger partial charge in [0.2, 0.25) is 5.95 Å². The summed E-state index contributed by atoms with van der Waals surface area (Å²) in [6, 6.07) is 9.98. The van der Waals surface area contributed by atoms with Crippen LogP contribution in [0.1, 0.15) is 0 Å². The molecule has 0 unspecified atom stereocenters. The summed E-state index contributed by atoms with van der Waals surface area (Å²) in [5.41, 5.74) is 9.45. The van der Waals surface area contributed by atoms with E-state index >= 15 is 0 Å². The highest BCUT2D eigenvalue weighted by Crippen LogP contribution is 2.31. The van der Waals surface area contributed by atoms with Crippen LogP contribution in [-0.2, 0) is 0 Å². The summed E-state index contributed by atoms with van der Waals surface area (Å²) >= 11 is 0. The molecule has 0 fully saturated rings. The Morgan fingerprint density at radius 1 is 1.00 bits per heavy atom. The fourth-order valence-electron chi connectivity index (χ4n) is 2.48. The van der Waals surface area contributed by atoms with E-state index in [0.717, 1.165) is 33.1 Å². The van der Waals surface area contributed by atoms with Crippen molar-refractivity contribution in [1.82, 2.24) is 19.9 Å². The Balaban J connectivity index is 2.10. The third-order valence-corrected chi connectivity index (χ3v) is 3.37. The number of aromatic amines is 1. The number of nitrogens with one attached hydrogen (secondary N) is 1. The summed E-state index contributed by atoms with van der Waals surface area (Å²) in [5, 5.41) is 2.23. The van der Waals surface area contributed by atoms with Gasteiger partial charge in [-0.1, -0.05) is 18.2 Å². The van der Waals surface area contributed by atoms with Crippen LogP contribution in [0.5, 0.6) is 0 Å². The van der Waals surface area contributed by atoms with Crippen molar-refractivity contribution in [2.45, 2.75) is 0 Å². The lowest BCUT2D eigenvalue weighted by Crippen LogP contribution is -1.95. The van der Waals surface area contributed by atoms with Crippen LogP contribution >= 0.6 is 0 Å². The Morgan fingerprint density at radius 2 is 1.90 bits per heavy atom. The van der Waals surface area contributed by atoms with Crippen molar-refractivity contribution in [3.8, 4) is 11.3 Å². The summed E-state index contributed by atoms with van der Waals surface area (Å²) in [6.45, 7) is 0. The molecule has 0 radical (unpaired) electrons. The van der Waals surface area contributed by atoms with Crippen LogP contribution in [-0.4, -0.2) is 19.9 Å². The normalized spacial score (nSPS) is 11.2. The van der Waals surface area contributed by atoms with Gasteiger partial charge in [-0.05, 0) is 12.1 Å². The molecule has 0 aliphatic carbocycles. The molecule has 3 N–H and O–H groups in total. The van der Waals surface area contributed by atoms with Crippen molar-refractivity contribution in [2.24, 2.45) is 0 Å². The molecule has 0 aliphatic heterocycles. The van der Waals surface area contributed by atoms with Gasteiger partial charge in [0.25, 0.3) is 0 Å². The van der Waals surface area contributed by atoms with E-state index in [1.54, 1.807) is 12.4 Å². The third kappa shape index (κ3) is 1.53. The molecule has 96 valence electrons. The number of pyridine rings is 1. The SMILES string of the molecule is Nc1nccc(-c2cncc3c2[nH]c2ccccc23)n1.